The van der Waals surface area contributed by atoms with Crippen molar-refractivity contribution in [2.24, 2.45) is 0 Å². The van der Waals surface area contributed by atoms with Crippen molar-refractivity contribution in [2.75, 3.05) is 36.4 Å². The Morgan fingerprint density at radius 1 is 0.960 bits per heavy atom. The molecule has 0 radical (unpaired) electrons. The van der Waals surface area contributed by atoms with E-state index in [9.17, 15) is 4.79 Å². The number of thiophene rings is 2. The first kappa shape index (κ1) is 16.0. The molecular formula is C17H17N5OS2. The molecule has 3 aromatic heterocycles. The van der Waals surface area contributed by atoms with Gasteiger partial charge in [0.15, 0.2) is 5.82 Å². The smallest absolute Gasteiger partial charge is 0.322 e. The van der Waals surface area contributed by atoms with E-state index in [4.69, 9.17) is 0 Å². The average Bonchev–Trinajstić information content (AvgIpc) is 3.36. The molecule has 2 amide bonds. The second-order valence-corrected chi connectivity index (χ2v) is 7.53. The van der Waals surface area contributed by atoms with Crippen LogP contribution in [0, 0.1) is 0 Å². The van der Waals surface area contributed by atoms with Crippen LogP contribution in [-0.4, -0.2) is 47.3 Å². The third kappa shape index (κ3) is 3.64. The molecule has 0 atom stereocenters. The van der Waals surface area contributed by atoms with Gasteiger partial charge in [0, 0.05) is 26.2 Å². The number of anilines is 2. The lowest BCUT2D eigenvalue weighted by atomic mass is 10.3. The van der Waals surface area contributed by atoms with Crippen LogP contribution in [0.1, 0.15) is 0 Å². The minimum absolute atomic E-state index is 0.0405. The molecule has 4 heterocycles. The predicted molar refractivity (Wildman–Crippen MR) is 102 cm³/mol. The molecule has 3 aromatic rings. The van der Waals surface area contributed by atoms with Gasteiger partial charge in [0.25, 0.3) is 0 Å². The molecule has 0 bridgehead atoms. The molecule has 0 aliphatic carbocycles. The number of carbonyl (C=O) groups is 1. The van der Waals surface area contributed by atoms with Crippen LogP contribution in [0.15, 0.2) is 47.2 Å². The maximum Gasteiger partial charge on any atom is 0.322 e. The van der Waals surface area contributed by atoms with E-state index in [1.54, 1.807) is 11.3 Å². The van der Waals surface area contributed by atoms with Gasteiger partial charge < -0.3 is 9.80 Å². The van der Waals surface area contributed by atoms with Gasteiger partial charge in [-0.15, -0.1) is 32.9 Å². The van der Waals surface area contributed by atoms with Crippen LogP contribution in [0.3, 0.4) is 0 Å². The van der Waals surface area contributed by atoms with Gasteiger partial charge in [-0.3, -0.25) is 5.32 Å². The summed E-state index contributed by atoms with van der Waals surface area (Å²) in [4.78, 5) is 17.4. The molecule has 1 fully saturated rings. The molecule has 6 nitrogen and oxygen atoms in total. The van der Waals surface area contributed by atoms with Gasteiger partial charge in [-0.1, -0.05) is 6.07 Å². The number of amides is 2. The van der Waals surface area contributed by atoms with E-state index in [1.807, 2.05) is 52.1 Å². The zero-order valence-electron chi connectivity index (χ0n) is 13.5. The summed E-state index contributed by atoms with van der Waals surface area (Å²) in [6.45, 7) is 2.85. The lowest BCUT2D eigenvalue weighted by Gasteiger charge is -2.35. The highest BCUT2D eigenvalue weighted by atomic mass is 32.1. The Hall–Kier alpha value is -2.45. The van der Waals surface area contributed by atoms with Crippen LogP contribution in [-0.2, 0) is 0 Å². The van der Waals surface area contributed by atoms with Crippen LogP contribution < -0.4 is 10.2 Å². The summed E-state index contributed by atoms with van der Waals surface area (Å²) in [5, 5.41) is 16.5. The summed E-state index contributed by atoms with van der Waals surface area (Å²) in [5.41, 5.74) is 0.896. The zero-order chi connectivity index (χ0) is 17.1. The van der Waals surface area contributed by atoms with Gasteiger partial charge in [0.1, 0.15) is 5.69 Å². The molecule has 1 aliphatic heterocycles. The Labute approximate surface area is 153 Å². The maximum atomic E-state index is 12.3. The highest BCUT2D eigenvalue weighted by Gasteiger charge is 2.22. The SMILES string of the molecule is O=C(Nc1cccs1)N1CCN(c2ccc(-c3cccs3)nn2)CC1. The molecular weight excluding hydrogens is 354 g/mol. The number of aromatic nitrogens is 2. The summed E-state index contributed by atoms with van der Waals surface area (Å²) < 4.78 is 0. The third-order valence-corrected chi connectivity index (χ3v) is 5.74. The highest BCUT2D eigenvalue weighted by molar-refractivity contribution is 7.14. The molecule has 8 heteroatoms. The Balaban J connectivity index is 1.34. The summed E-state index contributed by atoms with van der Waals surface area (Å²) >= 11 is 3.18. The summed E-state index contributed by atoms with van der Waals surface area (Å²) in [6, 6.07) is 11.9. The second-order valence-electron chi connectivity index (χ2n) is 5.64. The van der Waals surface area contributed by atoms with Crippen molar-refractivity contribution in [3.63, 3.8) is 0 Å². The van der Waals surface area contributed by atoms with E-state index < -0.39 is 0 Å². The molecule has 1 N–H and O–H groups in total. The first-order chi connectivity index (χ1) is 12.3. The van der Waals surface area contributed by atoms with Crippen LogP contribution in [0.25, 0.3) is 10.6 Å². The van der Waals surface area contributed by atoms with Crippen molar-refractivity contribution in [2.45, 2.75) is 0 Å². The first-order valence-electron chi connectivity index (χ1n) is 8.01. The maximum absolute atomic E-state index is 12.3. The van der Waals surface area contributed by atoms with Gasteiger partial charge >= 0.3 is 6.03 Å². The van der Waals surface area contributed by atoms with E-state index in [0.29, 0.717) is 13.1 Å². The molecule has 0 saturated carbocycles. The molecule has 1 saturated heterocycles. The third-order valence-electron chi connectivity index (χ3n) is 4.07. The minimum atomic E-state index is -0.0405. The van der Waals surface area contributed by atoms with E-state index >= 15 is 0 Å². The quantitative estimate of drug-likeness (QED) is 0.764. The Morgan fingerprint density at radius 3 is 2.40 bits per heavy atom. The van der Waals surface area contributed by atoms with Gasteiger partial charge in [-0.25, -0.2) is 4.79 Å². The van der Waals surface area contributed by atoms with Gasteiger partial charge in [0.2, 0.25) is 0 Å². The van der Waals surface area contributed by atoms with Gasteiger partial charge in [-0.2, -0.15) is 0 Å². The Kier molecular flexibility index (Phi) is 4.62. The number of rotatable bonds is 3. The highest BCUT2D eigenvalue weighted by Crippen LogP contribution is 2.23. The minimum Gasteiger partial charge on any atom is -0.352 e. The second kappa shape index (κ2) is 7.20. The molecule has 4 rings (SSSR count). The lowest BCUT2D eigenvalue weighted by molar-refractivity contribution is 0.208. The van der Waals surface area contributed by atoms with Crippen molar-refractivity contribution >= 4 is 39.5 Å². The van der Waals surface area contributed by atoms with E-state index in [-0.39, 0.29) is 6.03 Å². The van der Waals surface area contributed by atoms with Crippen LogP contribution >= 0.6 is 22.7 Å². The fourth-order valence-electron chi connectivity index (χ4n) is 2.72. The molecule has 0 aromatic carbocycles. The van der Waals surface area contributed by atoms with E-state index in [0.717, 1.165) is 34.5 Å². The summed E-state index contributed by atoms with van der Waals surface area (Å²) in [6.07, 6.45) is 0. The van der Waals surface area contributed by atoms with Crippen LogP contribution in [0.5, 0.6) is 0 Å². The average molecular weight is 371 g/mol. The molecule has 25 heavy (non-hydrogen) atoms. The van der Waals surface area contributed by atoms with Gasteiger partial charge in [0.05, 0.1) is 9.88 Å². The largest absolute Gasteiger partial charge is 0.352 e. The van der Waals surface area contributed by atoms with E-state index in [2.05, 4.69) is 20.4 Å². The Morgan fingerprint density at radius 2 is 1.76 bits per heavy atom. The van der Waals surface area contributed by atoms with Crippen molar-refractivity contribution in [1.82, 2.24) is 15.1 Å². The fourth-order valence-corrected chi connectivity index (χ4v) is 4.02. The zero-order valence-corrected chi connectivity index (χ0v) is 15.1. The van der Waals surface area contributed by atoms with Crippen molar-refractivity contribution < 1.29 is 4.79 Å². The summed E-state index contributed by atoms with van der Waals surface area (Å²) in [7, 11) is 0. The Bertz CT molecular complexity index is 809. The number of hydrogen-bond donors (Lipinski definition) is 1. The molecule has 128 valence electrons. The van der Waals surface area contributed by atoms with Crippen molar-refractivity contribution in [1.29, 1.82) is 0 Å². The number of nitrogens with zero attached hydrogens (tertiary/aromatic N) is 4. The first-order valence-corrected chi connectivity index (χ1v) is 9.77. The number of nitrogens with one attached hydrogen (secondary N) is 1. The monoisotopic (exact) mass is 371 g/mol. The normalized spacial score (nSPS) is 14.6. The molecule has 1 aliphatic rings. The lowest BCUT2D eigenvalue weighted by Crippen LogP contribution is -2.50. The fraction of sp³-hybridized carbons (Fsp3) is 0.235. The number of urea groups is 1. The topological polar surface area (TPSA) is 61.4 Å². The molecule has 0 spiro atoms. The summed E-state index contributed by atoms with van der Waals surface area (Å²) in [5.74, 6) is 0.860. The van der Waals surface area contributed by atoms with Crippen LogP contribution in [0.2, 0.25) is 0 Å². The number of carbonyl (C=O) groups excluding carboxylic acids is 1. The molecule has 0 unspecified atom stereocenters. The van der Waals surface area contributed by atoms with Crippen molar-refractivity contribution in [3.8, 4) is 10.6 Å². The number of piperazine rings is 1. The standard InChI is InChI=1S/C17H17N5OS2/c23-17(18-16-4-2-12-25-16)22-9-7-21(8-10-22)15-6-5-13(19-20-15)14-3-1-11-24-14/h1-6,11-12H,7-10H2,(H,18,23). The van der Waals surface area contributed by atoms with Crippen molar-refractivity contribution in [3.05, 3.63) is 47.2 Å². The van der Waals surface area contributed by atoms with Crippen LogP contribution in [0.4, 0.5) is 15.6 Å². The van der Waals surface area contributed by atoms with E-state index in [1.165, 1.54) is 11.3 Å². The number of hydrogen-bond acceptors (Lipinski definition) is 6. The van der Waals surface area contributed by atoms with Gasteiger partial charge in [-0.05, 0) is 41.1 Å². The predicted octanol–water partition coefficient (Wildman–Crippen LogP) is 3.62.